The van der Waals surface area contributed by atoms with Crippen LogP contribution in [-0.2, 0) is 30.9 Å². The zero-order chi connectivity index (χ0) is 44.9. The van der Waals surface area contributed by atoms with Gasteiger partial charge < -0.3 is 29.1 Å². The Balaban J connectivity index is 1.15. The van der Waals surface area contributed by atoms with Crippen LogP contribution in [0.4, 0.5) is 11.9 Å². The van der Waals surface area contributed by atoms with E-state index in [1.807, 2.05) is 61.1 Å². The third kappa shape index (κ3) is 9.06. The van der Waals surface area contributed by atoms with Crippen LogP contribution in [0.2, 0.25) is 0 Å². The molecule has 3 amide bonds. The molecule has 6 heterocycles. The third-order valence-corrected chi connectivity index (χ3v) is 10.8. The summed E-state index contributed by atoms with van der Waals surface area (Å²) in [5.74, 6) is 0.469. The number of hydrogen-bond acceptors (Lipinski definition) is 13. The molecule has 0 atom stereocenters. The monoisotopic (exact) mass is 873 g/mol. The molecule has 1 aliphatic rings. The smallest absolute Gasteiger partial charge is 0.276 e. The minimum absolute atomic E-state index is 0.203. The van der Waals surface area contributed by atoms with Crippen molar-refractivity contribution in [3.63, 3.8) is 0 Å². The Hall–Kier alpha value is -7.39. The summed E-state index contributed by atoms with van der Waals surface area (Å²) in [5, 5.41) is 21.8. The van der Waals surface area contributed by atoms with Gasteiger partial charge in [0.1, 0.15) is 40.2 Å². The molecule has 64 heavy (non-hydrogen) atoms. The summed E-state index contributed by atoms with van der Waals surface area (Å²) in [6.07, 6.45) is 5.96. The molecule has 5 N–H and O–H groups in total. The first-order chi connectivity index (χ1) is 31.0. The molecule has 0 saturated carbocycles. The Morgan fingerprint density at radius 3 is 1.97 bits per heavy atom. The number of methoxy groups -OCH3 is 1. The lowest BCUT2D eigenvalue weighted by Crippen LogP contribution is -2.37. The Kier molecular flexibility index (Phi) is 12.8. The number of hydrogen-bond donors (Lipinski definition) is 4. The number of aromatic amines is 1. The van der Waals surface area contributed by atoms with Gasteiger partial charge in [0.05, 0.1) is 49.4 Å². The number of nitrogens with two attached hydrogens (primary N) is 1. The van der Waals surface area contributed by atoms with Gasteiger partial charge in [-0.05, 0) is 70.5 Å². The maximum Gasteiger partial charge on any atom is 0.276 e. The first-order valence-corrected chi connectivity index (χ1v) is 21.1. The first kappa shape index (κ1) is 43.3. The molecular formula is C43H51N15O6. The summed E-state index contributed by atoms with van der Waals surface area (Å²) in [7, 11) is 1.56. The number of morpholine rings is 1. The molecule has 7 aromatic rings. The first-order valence-electron chi connectivity index (χ1n) is 21.1. The van der Waals surface area contributed by atoms with Crippen molar-refractivity contribution < 1.29 is 28.6 Å². The van der Waals surface area contributed by atoms with E-state index in [4.69, 9.17) is 29.9 Å². The van der Waals surface area contributed by atoms with Gasteiger partial charge in [-0.15, -0.1) is 0 Å². The van der Waals surface area contributed by atoms with Crippen molar-refractivity contribution in [1.29, 1.82) is 0 Å². The number of primary amides is 1. The number of carbonyl (C=O) groups excluding carboxylic acids is 3. The van der Waals surface area contributed by atoms with Gasteiger partial charge in [-0.1, -0.05) is 12.2 Å². The fourth-order valence-corrected chi connectivity index (χ4v) is 7.82. The van der Waals surface area contributed by atoms with Gasteiger partial charge in [0, 0.05) is 56.9 Å². The van der Waals surface area contributed by atoms with E-state index >= 15 is 0 Å². The maximum absolute atomic E-state index is 13.9. The number of aromatic nitrogens is 11. The van der Waals surface area contributed by atoms with Crippen molar-refractivity contribution in [1.82, 2.24) is 58.7 Å². The molecular weight excluding hydrogens is 823 g/mol. The van der Waals surface area contributed by atoms with E-state index in [-0.39, 0.29) is 36.5 Å². The second-order valence-electron chi connectivity index (χ2n) is 15.2. The summed E-state index contributed by atoms with van der Waals surface area (Å²) in [6, 6.07) is 10.3. The van der Waals surface area contributed by atoms with E-state index in [1.54, 1.807) is 40.7 Å². The molecule has 0 bridgehead atoms. The number of benzene rings is 2. The number of rotatable bonds is 18. The van der Waals surface area contributed by atoms with Crippen molar-refractivity contribution in [3.8, 4) is 22.9 Å². The zero-order valence-corrected chi connectivity index (χ0v) is 36.4. The molecule has 334 valence electrons. The van der Waals surface area contributed by atoms with Crippen LogP contribution in [0.15, 0.2) is 54.9 Å². The number of ether oxygens (including phenoxy) is 3. The average molecular weight is 874 g/mol. The Bertz CT molecular complexity index is 2840. The van der Waals surface area contributed by atoms with Gasteiger partial charge >= 0.3 is 0 Å². The standard InChI is InChI=1S/C43H51N15O6/c1-6-57-32(19-26(3)52-57)40(60)49-42-48-31-22-29(39-45-25-46-51-39)24-34(62-5)36(31)55(42)12-8-9-13-56-37-30(47-43(56)50-41(61)33-20-27(4)53-58(33)7-2)21-28(38(44)59)23-35(37)64-16-10-11-54-14-17-63-18-15-54/h8-9,19-25H,6-7,10-18H2,1-5H3,(H2,44,59)(H,45,46,51)(H,47,50,61)(H,48,49,60). The number of fused-ring (bicyclic) bond motifs is 2. The minimum atomic E-state index is -0.643. The number of aryl methyl sites for hydroxylation is 4. The van der Waals surface area contributed by atoms with Crippen LogP contribution >= 0.6 is 0 Å². The minimum Gasteiger partial charge on any atom is -0.494 e. The lowest BCUT2D eigenvalue weighted by Gasteiger charge is -2.26. The van der Waals surface area contributed by atoms with Crippen molar-refractivity contribution >= 4 is 51.7 Å². The fraction of sp³-hybridized carbons (Fsp3) is 0.372. The number of nitrogens with zero attached hydrogens (tertiary/aromatic N) is 11. The zero-order valence-electron chi connectivity index (χ0n) is 36.4. The number of amides is 3. The average Bonchev–Trinajstić information content (AvgIpc) is 4.14. The number of allylic oxidation sites excluding steroid dienone is 2. The Morgan fingerprint density at radius 1 is 0.828 bits per heavy atom. The normalized spacial score (nSPS) is 13.3. The van der Waals surface area contributed by atoms with Crippen LogP contribution in [0.5, 0.6) is 11.5 Å². The summed E-state index contributed by atoms with van der Waals surface area (Å²) in [5.41, 5.74) is 11.0. The van der Waals surface area contributed by atoms with E-state index in [0.29, 0.717) is 101 Å². The van der Waals surface area contributed by atoms with Crippen molar-refractivity contribution in [3.05, 3.63) is 83.2 Å². The summed E-state index contributed by atoms with van der Waals surface area (Å²) >= 11 is 0. The largest absolute Gasteiger partial charge is 0.494 e. The number of carbonyl (C=O) groups is 3. The molecule has 21 nitrogen and oxygen atoms in total. The molecule has 1 saturated heterocycles. The third-order valence-electron chi connectivity index (χ3n) is 10.8. The van der Waals surface area contributed by atoms with Crippen LogP contribution in [0, 0.1) is 13.8 Å². The quantitative estimate of drug-likeness (QED) is 0.0699. The molecule has 2 aromatic carbocycles. The van der Waals surface area contributed by atoms with Crippen LogP contribution < -0.4 is 25.8 Å². The molecule has 1 aliphatic heterocycles. The number of anilines is 2. The topological polar surface area (TPSA) is 245 Å². The van der Waals surface area contributed by atoms with E-state index in [1.165, 1.54) is 6.33 Å². The number of H-pyrrole nitrogens is 1. The SMILES string of the molecule is CCn1nc(C)cc1C(=O)Nc1nc2cc(-c3ncn[nH]3)cc(OC)c2n1CC=CCn1c(NC(=O)c2cc(C)nn2CC)nc2cc(C(N)=O)cc(OCCCN3CCOCC3)c21. The fourth-order valence-electron chi connectivity index (χ4n) is 7.82. The lowest BCUT2D eigenvalue weighted by molar-refractivity contribution is 0.0358. The number of nitrogens with one attached hydrogen (secondary N) is 3. The van der Waals surface area contributed by atoms with Gasteiger partial charge in [-0.2, -0.15) is 15.3 Å². The van der Waals surface area contributed by atoms with Crippen LogP contribution in [-0.4, -0.2) is 123 Å². The van der Waals surface area contributed by atoms with E-state index < -0.39 is 11.8 Å². The Labute approximate surface area is 367 Å². The highest BCUT2D eigenvalue weighted by atomic mass is 16.5. The highest BCUT2D eigenvalue weighted by Gasteiger charge is 2.24. The van der Waals surface area contributed by atoms with Crippen LogP contribution in [0.1, 0.15) is 63.0 Å². The molecule has 8 rings (SSSR count). The van der Waals surface area contributed by atoms with E-state index in [2.05, 4.69) is 40.9 Å². The lowest BCUT2D eigenvalue weighted by atomic mass is 10.1. The predicted octanol–water partition coefficient (Wildman–Crippen LogP) is 4.19. The maximum atomic E-state index is 13.9. The molecule has 0 radical (unpaired) electrons. The second kappa shape index (κ2) is 18.9. The highest BCUT2D eigenvalue weighted by molar-refractivity contribution is 6.05. The second-order valence-corrected chi connectivity index (χ2v) is 15.2. The summed E-state index contributed by atoms with van der Waals surface area (Å²) in [4.78, 5) is 56.6. The van der Waals surface area contributed by atoms with Gasteiger partial charge in [0.2, 0.25) is 17.8 Å². The molecule has 1 fully saturated rings. The van der Waals surface area contributed by atoms with Crippen molar-refractivity contribution in [2.45, 2.75) is 60.3 Å². The molecule has 21 heteroatoms. The van der Waals surface area contributed by atoms with Crippen LogP contribution in [0.25, 0.3) is 33.5 Å². The summed E-state index contributed by atoms with van der Waals surface area (Å²) in [6.45, 7) is 13.2. The Morgan fingerprint density at radius 2 is 1.42 bits per heavy atom. The van der Waals surface area contributed by atoms with Crippen molar-refractivity contribution in [2.24, 2.45) is 5.73 Å². The molecule has 0 unspecified atom stereocenters. The molecule has 0 aliphatic carbocycles. The van der Waals surface area contributed by atoms with Gasteiger partial charge in [-0.3, -0.25) is 44.4 Å². The van der Waals surface area contributed by atoms with E-state index in [9.17, 15) is 14.4 Å². The summed E-state index contributed by atoms with van der Waals surface area (Å²) < 4.78 is 24.7. The highest BCUT2D eigenvalue weighted by Crippen LogP contribution is 2.35. The van der Waals surface area contributed by atoms with Gasteiger partial charge in [0.25, 0.3) is 11.8 Å². The number of imidazole rings is 2. The molecule has 5 aromatic heterocycles. The predicted molar refractivity (Wildman–Crippen MR) is 238 cm³/mol. The van der Waals surface area contributed by atoms with Crippen LogP contribution in [0.3, 0.4) is 0 Å². The molecule has 0 spiro atoms. The van der Waals surface area contributed by atoms with Gasteiger partial charge in [-0.25, -0.2) is 15.0 Å². The van der Waals surface area contributed by atoms with Crippen molar-refractivity contribution in [2.75, 3.05) is 57.2 Å². The van der Waals surface area contributed by atoms with Gasteiger partial charge in [0.15, 0.2) is 5.82 Å². The van der Waals surface area contributed by atoms with E-state index in [0.717, 1.165) is 26.1 Å².